The first-order valence-corrected chi connectivity index (χ1v) is 6.32. The van der Waals surface area contributed by atoms with Crippen LogP contribution in [0.5, 0.6) is 0 Å². The van der Waals surface area contributed by atoms with Gasteiger partial charge in [0.1, 0.15) is 10.9 Å². The van der Waals surface area contributed by atoms with Gasteiger partial charge in [0.25, 0.3) is 0 Å². The predicted octanol–water partition coefficient (Wildman–Crippen LogP) is 2.34. The van der Waals surface area contributed by atoms with E-state index >= 15 is 0 Å². The van der Waals surface area contributed by atoms with Gasteiger partial charge in [-0.3, -0.25) is 4.79 Å². The van der Waals surface area contributed by atoms with Crippen molar-refractivity contribution in [1.29, 1.82) is 0 Å². The average molecular weight is 284 g/mol. The van der Waals surface area contributed by atoms with Crippen molar-refractivity contribution >= 4 is 23.5 Å². The molecule has 0 radical (unpaired) electrons. The van der Waals surface area contributed by atoms with Crippen molar-refractivity contribution in [2.45, 2.75) is 31.7 Å². The highest BCUT2D eigenvalue weighted by Gasteiger charge is 2.32. The molecule has 0 heterocycles. The van der Waals surface area contributed by atoms with Gasteiger partial charge in [-0.05, 0) is 26.3 Å². The van der Waals surface area contributed by atoms with Crippen LogP contribution in [-0.2, 0) is 14.3 Å². The Kier molecular flexibility index (Phi) is 4.95. The number of rotatable bonds is 4. The van der Waals surface area contributed by atoms with E-state index in [9.17, 15) is 9.59 Å². The fourth-order valence-electron chi connectivity index (χ4n) is 1.56. The van der Waals surface area contributed by atoms with Gasteiger partial charge in [0, 0.05) is 0 Å². The molecule has 1 aromatic rings. The molecule has 0 spiro atoms. The van der Waals surface area contributed by atoms with Crippen molar-refractivity contribution < 1.29 is 14.3 Å². The molecule has 0 aromatic heterocycles. The van der Waals surface area contributed by atoms with E-state index < -0.39 is 22.8 Å². The summed E-state index contributed by atoms with van der Waals surface area (Å²) in [5.41, 5.74) is 0.664. The van der Waals surface area contributed by atoms with Crippen LogP contribution < -0.4 is 5.32 Å². The summed E-state index contributed by atoms with van der Waals surface area (Å²) in [6.07, 6.45) is 0. The van der Waals surface area contributed by atoms with E-state index in [1.165, 1.54) is 7.11 Å². The van der Waals surface area contributed by atoms with Crippen LogP contribution >= 0.6 is 11.6 Å². The highest BCUT2D eigenvalue weighted by Crippen LogP contribution is 2.22. The van der Waals surface area contributed by atoms with Gasteiger partial charge in [-0.15, -0.1) is 11.6 Å². The van der Waals surface area contributed by atoms with E-state index in [0.717, 1.165) is 5.56 Å². The fraction of sp³-hybridized carbons (Fsp3) is 0.429. The van der Waals surface area contributed by atoms with Crippen LogP contribution in [0, 0.1) is 6.92 Å². The highest BCUT2D eigenvalue weighted by atomic mass is 35.5. The number of esters is 1. The summed E-state index contributed by atoms with van der Waals surface area (Å²) in [7, 11) is 1.27. The lowest BCUT2D eigenvalue weighted by molar-refractivity contribution is -0.149. The van der Waals surface area contributed by atoms with E-state index in [1.54, 1.807) is 26.0 Å². The molecule has 19 heavy (non-hydrogen) atoms. The van der Waals surface area contributed by atoms with Gasteiger partial charge in [-0.1, -0.05) is 29.8 Å². The Labute approximate surface area is 118 Å². The first-order chi connectivity index (χ1) is 8.77. The second-order valence-corrected chi connectivity index (χ2v) is 5.32. The second kappa shape index (κ2) is 6.06. The summed E-state index contributed by atoms with van der Waals surface area (Å²) in [5, 5.41) is 1.73. The Balaban J connectivity index is 2.78. The number of benzene rings is 1. The molecule has 4 nitrogen and oxygen atoms in total. The number of hydrogen-bond acceptors (Lipinski definition) is 3. The van der Waals surface area contributed by atoms with Crippen LogP contribution in [0.4, 0.5) is 0 Å². The molecule has 1 atom stereocenters. The average Bonchev–Trinajstić information content (AvgIpc) is 2.37. The quantitative estimate of drug-likeness (QED) is 0.682. The van der Waals surface area contributed by atoms with E-state index in [-0.39, 0.29) is 0 Å². The molecule has 0 saturated heterocycles. The van der Waals surface area contributed by atoms with Crippen molar-refractivity contribution in [2.24, 2.45) is 0 Å². The molecule has 1 N–H and O–H groups in total. The highest BCUT2D eigenvalue weighted by molar-refractivity contribution is 6.31. The zero-order chi connectivity index (χ0) is 14.6. The molecule has 0 fully saturated rings. The number of methoxy groups -OCH3 is 1. The van der Waals surface area contributed by atoms with Crippen molar-refractivity contribution in [2.75, 3.05) is 7.11 Å². The third-order valence-corrected chi connectivity index (χ3v) is 3.18. The molecule has 0 bridgehead atoms. The molecule has 1 rings (SSSR count). The minimum Gasteiger partial charge on any atom is -0.467 e. The Hall–Kier alpha value is -1.55. The molecule has 1 amide bonds. The molecule has 0 aliphatic carbocycles. The maximum Gasteiger partial charge on any atom is 0.330 e. The summed E-state index contributed by atoms with van der Waals surface area (Å²) >= 11 is 6.10. The van der Waals surface area contributed by atoms with E-state index in [2.05, 4.69) is 10.1 Å². The van der Waals surface area contributed by atoms with Crippen molar-refractivity contribution in [3.8, 4) is 0 Å². The van der Waals surface area contributed by atoms with Gasteiger partial charge in [0.05, 0.1) is 7.11 Å². The number of carbonyl (C=O) groups is 2. The van der Waals surface area contributed by atoms with Crippen LogP contribution in [0.1, 0.15) is 30.4 Å². The minimum absolute atomic E-state index is 0.430. The minimum atomic E-state index is -1.11. The molecular formula is C14H18ClNO3. The van der Waals surface area contributed by atoms with Gasteiger partial charge in [0.2, 0.25) is 5.91 Å². The Morgan fingerprint density at radius 1 is 1.26 bits per heavy atom. The van der Waals surface area contributed by atoms with Crippen LogP contribution in [0.3, 0.4) is 0 Å². The maximum atomic E-state index is 12.0. The van der Waals surface area contributed by atoms with Crippen molar-refractivity contribution in [3.63, 3.8) is 0 Å². The number of ether oxygens (including phenoxy) is 1. The largest absolute Gasteiger partial charge is 0.467 e. The second-order valence-electron chi connectivity index (χ2n) is 4.88. The fourth-order valence-corrected chi connectivity index (χ4v) is 1.76. The normalized spacial score (nSPS) is 12.7. The first-order valence-electron chi connectivity index (χ1n) is 5.89. The van der Waals surface area contributed by atoms with Crippen LogP contribution in [-0.4, -0.2) is 24.5 Å². The van der Waals surface area contributed by atoms with E-state index in [0.29, 0.717) is 5.56 Å². The van der Waals surface area contributed by atoms with Gasteiger partial charge in [0.15, 0.2) is 0 Å². The number of nitrogens with one attached hydrogen (secondary N) is 1. The summed E-state index contributed by atoms with van der Waals surface area (Å²) in [6.45, 7) is 5.08. The zero-order valence-corrected chi connectivity index (χ0v) is 12.2. The summed E-state index contributed by atoms with van der Waals surface area (Å²) < 4.78 is 4.62. The van der Waals surface area contributed by atoms with Crippen LogP contribution in [0.25, 0.3) is 0 Å². The third kappa shape index (κ3) is 3.96. The maximum absolute atomic E-state index is 12.0. The summed E-state index contributed by atoms with van der Waals surface area (Å²) in [4.78, 5) is 23.5. The number of alkyl halides is 1. The molecule has 1 unspecified atom stereocenters. The molecule has 104 valence electrons. The number of carbonyl (C=O) groups excluding carboxylic acids is 2. The number of aryl methyl sites for hydroxylation is 1. The molecule has 1 aromatic carbocycles. The number of hydrogen-bond donors (Lipinski definition) is 1. The van der Waals surface area contributed by atoms with Gasteiger partial charge < -0.3 is 10.1 Å². The SMILES string of the molecule is COC(=O)C(C)(C)NC(=O)C(Cl)c1ccc(C)cc1. The number of amides is 1. The monoisotopic (exact) mass is 283 g/mol. The molecule has 0 aliphatic heterocycles. The molecule has 0 aliphatic rings. The van der Waals surface area contributed by atoms with Crippen LogP contribution in [0.2, 0.25) is 0 Å². The Morgan fingerprint density at radius 2 is 1.79 bits per heavy atom. The lowest BCUT2D eigenvalue weighted by atomic mass is 10.0. The van der Waals surface area contributed by atoms with E-state index in [4.69, 9.17) is 11.6 Å². The predicted molar refractivity (Wildman–Crippen MR) is 74.0 cm³/mol. The lowest BCUT2D eigenvalue weighted by Crippen LogP contribution is -2.51. The first kappa shape index (κ1) is 15.5. The lowest BCUT2D eigenvalue weighted by Gasteiger charge is -2.24. The summed E-state index contributed by atoms with van der Waals surface area (Å²) in [6, 6.07) is 7.34. The van der Waals surface area contributed by atoms with Crippen LogP contribution in [0.15, 0.2) is 24.3 Å². The number of halogens is 1. The zero-order valence-electron chi connectivity index (χ0n) is 11.5. The Morgan fingerprint density at radius 3 is 2.26 bits per heavy atom. The molecule has 5 heteroatoms. The van der Waals surface area contributed by atoms with Gasteiger partial charge in [-0.25, -0.2) is 4.79 Å². The van der Waals surface area contributed by atoms with Gasteiger partial charge >= 0.3 is 5.97 Å². The molecular weight excluding hydrogens is 266 g/mol. The van der Waals surface area contributed by atoms with Crippen molar-refractivity contribution in [1.82, 2.24) is 5.32 Å². The standard InChI is InChI=1S/C14H18ClNO3/c1-9-5-7-10(8-6-9)11(15)12(17)16-14(2,3)13(18)19-4/h5-8,11H,1-4H3,(H,16,17). The van der Waals surface area contributed by atoms with E-state index in [1.807, 2.05) is 19.1 Å². The molecule has 0 saturated carbocycles. The smallest absolute Gasteiger partial charge is 0.330 e. The summed E-state index contributed by atoms with van der Waals surface area (Å²) in [5.74, 6) is -0.949. The third-order valence-electron chi connectivity index (χ3n) is 2.73. The van der Waals surface area contributed by atoms with Crippen molar-refractivity contribution in [3.05, 3.63) is 35.4 Å². The topological polar surface area (TPSA) is 55.4 Å². The Bertz CT molecular complexity index is 468. The van der Waals surface area contributed by atoms with Gasteiger partial charge in [-0.2, -0.15) is 0 Å².